The molecular formula is C17H21ClN2O4. The average molecular weight is 353 g/mol. The lowest BCUT2D eigenvalue weighted by Crippen LogP contribution is -2.54. The van der Waals surface area contributed by atoms with Crippen molar-refractivity contribution in [3.8, 4) is 0 Å². The zero-order valence-electron chi connectivity index (χ0n) is 14.0. The summed E-state index contributed by atoms with van der Waals surface area (Å²) in [6.45, 7) is 4.40. The summed E-state index contributed by atoms with van der Waals surface area (Å²) in [6, 6.07) is 3.61. The summed E-state index contributed by atoms with van der Waals surface area (Å²) in [7, 11) is 1.42. The van der Waals surface area contributed by atoms with E-state index in [0.717, 1.165) is 11.1 Å². The van der Waals surface area contributed by atoms with Crippen LogP contribution in [0.15, 0.2) is 17.9 Å². The summed E-state index contributed by atoms with van der Waals surface area (Å²) >= 11 is 6.23. The Hall–Kier alpha value is -1.60. The summed E-state index contributed by atoms with van der Waals surface area (Å²) in [5, 5.41) is 23.6. The van der Waals surface area contributed by atoms with Crippen LogP contribution in [0.5, 0.6) is 0 Å². The highest BCUT2D eigenvalue weighted by Gasteiger charge is 2.55. The molecule has 7 heteroatoms. The lowest BCUT2D eigenvalue weighted by atomic mass is 9.85. The maximum Gasteiger partial charge on any atom is 0.282 e. The van der Waals surface area contributed by atoms with Crippen molar-refractivity contribution in [3.05, 3.63) is 39.6 Å². The highest BCUT2D eigenvalue weighted by atomic mass is 35.5. The number of hydrogen-bond donors (Lipinski definition) is 2. The second-order valence-corrected chi connectivity index (χ2v) is 6.76. The van der Waals surface area contributed by atoms with Gasteiger partial charge in [0.05, 0.1) is 12.7 Å². The lowest BCUT2D eigenvalue weighted by molar-refractivity contribution is -0.215. The number of carbonyl (C=O) groups is 1. The van der Waals surface area contributed by atoms with Crippen LogP contribution < -0.4 is 0 Å². The van der Waals surface area contributed by atoms with Gasteiger partial charge in [0.15, 0.2) is 0 Å². The molecule has 130 valence electrons. The van der Waals surface area contributed by atoms with E-state index < -0.39 is 5.54 Å². The number of amides is 1. The van der Waals surface area contributed by atoms with Gasteiger partial charge in [-0.3, -0.25) is 9.63 Å². The number of halogens is 1. The number of carbonyl (C=O) groups excluding carboxylic acids is 1. The smallest absolute Gasteiger partial charge is 0.282 e. The summed E-state index contributed by atoms with van der Waals surface area (Å²) in [6.07, 6.45) is 0.772. The van der Waals surface area contributed by atoms with E-state index in [4.69, 9.17) is 16.4 Å². The van der Waals surface area contributed by atoms with Crippen LogP contribution in [-0.4, -0.2) is 52.1 Å². The lowest BCUT2D eigenvalue weighted by Gasteiger charge is -2.41. The first kappa shape index (κ1) is 17.2. The predicted octanol–water partition coefficient (Wildman–Crippen LogP) is 2.85. The largest absolute Gasteiger partial charge is 0.509 e. The van der Waals surface area contributed by atoms with Crippen molar-refractivity contribution >= 4 is 23.1 Å². The number of aliphatic hydroxyl groups excluding tert-OH is 1. The molecule has 1 amide bonds. The molecule has 1 aromatic rings. The molecular weight excluding hydrogens is 332 g/mol. The first-order valence-electron chi connectivity index (χ1n) is 7.85. The molecule has 2 heterocycles. The molecule has 0 radical (unpaired) electrons. The second kappa shape index (κ2) is 6.04. The van der Waals surface area contributed by atoms with Crippen molar-refractivity contribution in [2.45, 2.75) is 32.2 Å². The third-order valence-electron chi connectivity index (χ3n) is 5.07. The van der Waals surface area contributed by atoms with E-state index in [1.807, 2.05) is 19.9 Å². The van der Waals surface area contributed by atoms with E-state index in [9.17, 15) is 15.1 Å². The first-order valence-corrected chi connectivity index (χ1v) is 8.23. The van der Waals surface area contributed by atoms with Gasteiger partial charge in [-0.05, 0) is 49.4 Å². The molecule has 24 heavy (non-hydrogen) atoms. The van der Waals surface area contributed by atoms with Crippen LogP contribution in [0.1, 0.15) is 29.5 Å². The molecule has 2 aliphatic rings. The number of hydrogen-bond acceptors (Lipinski definition) is 5. The molecule has 1 spiro atoms. The number of benzene rings is 1. The number of piperidine rings is 1. The van der Waals surface area contributed by atoms with Crippen LogP contribution in [0.4, 0.5) is 0 Å². The van der Waals surface area contributed by atoms with Crippen molar-refractivity contribution < 1.29 is 19.9 Å². The minimum atomic E-state index is -0.943. The van der Waals surface area contributed by atoms with Gasteiger partial charge in [0, 0.05) is 18.1 Å². The Balaban J connectivity index is 2.19. The van der Waals surface area contributed by atoms with Crippen molar-refractivity contribution in [2.24, 2.45) is 0 Å². The molecule has 1 fully saturated rings. The molecule has 1 saturated heterocycles. The minimum absolute atomic E-state index is 0.00378. The topological polar surface area (TPSA) is 73.2 Å². The van der Waals surface area contributed by atoms with Gasteiger partial charge in [0.2, 0.25) is 0 Å². The molecule has 0 bridgehead atoms. The van der Waals surface area contributed by atoms with Gasteiger partial charge in [-0.1, -0.05) is 17.7 Å². The molecule has 0 unspecified atom stereocenters. The number of rotatable bonds is 2. The molecule has 3 rings (SSSR count). The Kier molecular flexibility index (Phi) is 4.34. The Morgan fingerprint density at radius 2 is 1.88 bits per heavy atom. The highest BCUT2D eigenvalue weighted by Crippen LogP contribution is 2.46. The predicted molar refractivity (Wildman–Crippen MR) is 89.7 cm³/mol. The fourth-order valence-electron chi connectivity index (χ4n) is 3.72. The van der Waals surface area contributed by atoms with E-state index >= 15 is 0 Å². The number of aliphatic hydroxyl groups is 1. The molecule has 0 aromatic heterocycles. The third-order valence-corrected chi connectivity index (χ3v) is 5.48. The van der Waals surface area contributed by atoms with E-state index in [-0.39, 0.29) is 17.2 Å². The first-order chi connectivity index (χ1) is 11.3. The van der Waals surface area contributed by atoms with Crippen molar-refractivity contribution in [1.29, 1.82) is 0 Å². The monoisotopic (exact) mass is 352 g/mol. The van der Waals surface area contributed by atoms with Gasteiger partial charge in [-0.15, -0.1) is 0 Å². The molecule has 0 saturated carbocycles. The normalized spacial score (nSPS) is 21.2. The van der Waals surface area contributed by atoms with E-state index in [2.05, 4.69) is 0 Å². The number of hydroxylamine groups is 4. The molecule has 2 N–H and O–H groups in total. The summed E-state index contributed by atoms with van der Waals surface area (Å²) < 4.78 is 0. The SMILES string of the molecule is CON1C(=O)C(c2c(C)ccc(Cl)c2C)=C(O)C12CCN(O)CC2. The summed E-state index contributed by atoms with van der Waals surface area (Å²) in [5.41, 5.74) is 1.55. The third kappa shape index (κ3) is 2.33. The molecule has 2 aliphatic heterocycles. The van der Waals surface area contributed by atoms with Crippen LogP contribution in [-0.2, 0) is 9.63 Å². The van der Waals surface area contributed by atoms with Crippen LogP contribution in [0.2, 0.25) is 5.02 Å². The summed E-state index contributed by atoms with van der Waals surface area (Å²) in [4.78, 5) is 18.3. The quantitative estimate of drug-likeness (QED) is 0.856. The van der Waals surface area contributed by atoms with Crippen molar-refractivity contribution in [2.75, 3.05) is 20.2 Å². The Labute approximate surface area is 145 Å². The van der Waals surface area contributed by atoms with Gasteiger partial charge in [0.25, 0.3) is 5.91 Å². The van der Waals surface area contributed by atoms with Gasteiger partial charge < -0.3 is 10.3 Å². The number of aryl methyl sites for hydroxylation is 1. The van der Waals surface area contributed by atoms with Crippen LogP contribution in [0.25, 0.3) is 5.57 Å². The molecule has 1 aromatic carbocycles. The Morgan fingerprint density at radius 3 is 2.46 bits per heavy atom. The van der Waals surface area contributed by atoms with Gasteiger partial charge >= 0.3 is 0 Å². The molecule has 0 atom stereocenters. The summed E-state index contributed by atoms with van der Waals surface area (Å²) in [5.74, 6) is -0.384. The van der Waals surface area contributed by atoms with Crippen molar-refractivity contribution in [3.63, 3.8) is 0 Å². The maximum atomic E-state index is 13.0. The Morgan fingerprint density at radius 1 is 1.25 bits per heavy atom. The zero-order chi connectivity index (χ0) is 17.6. The van der Waals surface area contributed by atoms with Crippen molar-refractivity contribution in [1.82, 2.24) is 10.1 Å². The van der Waals surface area contributed by atoms with Crippen LogP contribution in [0.3, 0.4) is 0 Å². The Bertz CT molecular complexity index is 724. The minimum Gasteiger partial charge on any atom is -0.509 e. The molecule has 6 nitrogen and oxygen atoms in total. The van der Waals surface area contributed by atoms with E-state index in [0.29, 0.717) is 36.5 Å². The second-order valence-electron chi connectivity index (χ2n) is 6.36. The standard InChI is InChI=1S/C17H21ClN2O4/c1-10-4-5-12(18)11(2)13(10)14-15(21)17(20(24-3)16(14)22)6-8-19(23)9-7-17/h4-5,21,23H,6-9H2,1-3H3. The highest BCUT2D eigenvalue weighted by molar-refractivity contribution is 6.32. The van der Waals surface area contributed by atoms with E-state index in [1.165, 1.54) is 17.2 Å². The fraction of sp³-hybridized carbons (Fsp3) is 0.471. The van der Waals surface area contributed by atoms with Crippen LogP contribution >= 0.6 is 11.6 Å². The zero-order valence-corrected chi connectivity index (χ0v) is 14.7. The van der Waals surface area contributed by atoms with Gasteiger partial charge in [-0.25, -0.2) is 5.06 Å². The average Bonchev–Trinajstić information content (AvgIpc) is 2.75. The maximum absolute atomic E-state index is 13.0. The fourth-order valence-corrected chi connectivity index (χ4v) is 3.88. The van der Waals surface area contributed by atoms with Gasteiger partial charge in [0.1, 0.15) is 11.3 Å². The van der Waals surface area contributed by atoms with Crippen LogP contribution in [0, 0.1) is 13.8 Å². The van der Waals surface area contributed by atoms with E-state index in [1.54, 1.807) is 6.07 Å². The number of nitrogens with zero attached hydrogens (tertiary/aromatic N) is 2. The van der Waals surface area contributed by atoms with Gasteiger partial charge in [-0.2, -0.15) is 5.06 Å². The molecule has 0 aliphatic carbocycles.